The quantitative estimate of drug-likeness (QED) is 0.277. The average Bonchev–Trinajstić information content (AvgIpc) is 2.12. The van der Waals surface area contributed by atoms with Crippen molar-refractivity contribution < 1.29 is 4.53 Å². The van der Waals surface area contributed by atoms with Crippen LogP contribution in [-0.4, -0.2) is 19.9 Å². The van der Waals surface area contributed by atoms with Gasteiger partial charge in [-0.2, -0.15) is 0 Å². The molecule has 2 atom stereocenters. The van der Waals surface area contributed by atoms with Gasteiger partial charge in [0.25, 0.3) is 8.32 Å². The molecule has 19 heavy (non-hydrogen) atoms. The Labute approximate surface area is 126 Å². The highest BCUT2D eigenvalue weighted by Crippen LogP contribution is 2.36. The molecule has 0 heterocycles. The maximum absolute atomic E-state index is 6.37. The van der Waals surface area contributed by atoms with Gasteiger partial charge in [0, 0.05) is 0 Å². The summed E-state index contributed by atoms with van der Waals surface area (Å²) in [6, 6.07) is 0. The van der Waals surface area contributed by atoms with Crippen LogP contribution < -0.4 is 0 Å². The molecule has 0 amide bonds. The zero-order valence-corrected chi connectivity index (χ0v) is 15.9. The van der Waals surface area contributed by atoms with E-state index in [1.54, 1.807) is 6.21 Å². The summed E-state index contributed by atoms with van der Waals surface area (Å²) in [6.45, 7) is 19.8. The van der Waals surface area contributed by atoms with Gasteiger partial charge >= 0.3 is 0 Å². The Kier molecular flexibility index (Phi) is 6.61. The van der Waals surface area contributed by atoms with E-state index in [2.05, 4.69) is 66.7 Å². The van der Waals surface area contributed by atoms with Crippen LogP contribution in [0.15, 0.2) is 5.16 Å². The summed E-state index contributed by atoms with van der Waals surface area (Å²) in [5.74, 6) is 0.397. The minimum atomic E-state index is -1.81. The Morgan fingerprint density at radius 3 is 2.00 bits per heavy atom. The summed E-state index contributed by atoms with van der Waals surface area (Å²) in [7, 11) is -1.81. The number of hydrogen-bond donors (Lipinski definition) is 0. The summed E-state index contributed by atoms with van der Waals surface area (Å²) >= 11 is 6.37. The first kappa shape index (κ1) is 19.0. The fraction of sp³-hybridized carbons (Fsp3) is 0.933. The van der Waals surface area contributed by atoms with Crippen LogP contribution in [0.4, 0.5) is 0 Å². The van der Waals surface area contributed by atoms with Crippen LogP contribution in [0.3, 0.4) is 0 Å². The van der Waals surface area contributed by atoms with Crippen LogP contribution in [0.2, 0.25) is 18.1 Å². The second-order valence-electron chi connectivity index (χ2n) is 8.29. The predicted octanol–water partition coefficient (Wildman–Crippen LogP) is 5.67. The van der Waals surface area contributed by atoms with Gasteiger partial charge in [0.1, 0.15) is 0 Å². The van der Waals surface area contributed by atoms with Gasteiger partial charge in [-0.25, -0.2) is 0 Å². The number of alkyl halides is 1. The van der Waals surface area contributed by atoms with E-state index in [-0.39, 0.29) is 10.4 Å². The third-order valence-electron chi connectivity index (χ3n) is 3.77. The summed E-state index contributed by atoms with van der Waals surface area (Å²) < 4.78 is 5.77. The Morgan fingerprint density at radius 1 is 1.16 bits per heavy atom. The number of oxime groups is 1. The zero-order chi connectivity index (χ0) is 15.5. The van der Waals surface area contributed by atoms with Crippen molar-refractivity contribution in [2.24, 2.45) is 16.5 Å². The SMILES string of the molecule is C[C@@H](CC(C)(C)C)C(Cl)/C=N/O[Si](C)(C)C(C)(C)C. The summed E-state index contributed by atoms with van der Waals surface area (Å²) in [5, 5.41) is 4.27. The molecule has 0 spiro atoms. The molecule has 0 saturated carbocycles. The van der Waals surface area contributed by atoms with Crippen molar-refractivity contribution in [3.8, 4) is 0 Å². The maximum atomic E-state index is 6.37. The van der Waals surface area contributed by atoms with Crippen LogP contribution >= 0.6 is 11.6 Å². The zero-order valence-electron chi connectivity index (χ0n) is 14.2. The molecule has 1 unspecified atom stereocenters. The summed E-state index contributed by atoms with van der Waals surface area (Å²) in [5.41, 5.74) is 0.292. The van der Waals surface area contributed by atoms with E-state index < -0.39 is 8.32 Å². The summed E-state index contributed by atoms with van der Waals surface area (Å²) in [6.07, 6.45) is 2.84. The maximum Gasteiger partial charge on any atom is 0.286 e. The smallest absolute Gasteiger partial charge is 0.286 e. The Morgan fingerprint density at radius 2 is 1.63 bits per heavy atom. The summed E-state index contributed by atoms with van der Waals surface area (Å²) in [4.78, 5) is 0. The standard InChI is InChI=1S/C15H32ClNOSi/c1-12(10-14(2,3)4)13(16)11-17-18-19(8,9)15(5,6)7/h11-13H,10H2,1-9H3/b17-11+/t12-,13?/m0/s1. The Bertz CT molecular complexity index is 302. The highest BCUT2D eigenvalue weighted by molar-refractivity contribution is 6.74. The molecular weight excluding hydrogens is 274 g/mol. The van der Waals surface area contributed by atoms with Gasteiger partial charge in [-0.3, -0.25) is 0 Å². The van der Waals surface area contributed by atoms with E-state index in [1.807, 2.05) is 0 Å². The first-order valence-corrected chi connectivity index (χ1v) is 10.5. The van der Waals surface area contributed by atoms with Gasteiger partial charge in [0.15, 0.2) is 0 Å². The van der Waals surface area contributed by atoms with Gasteiger partial charge in [0.05, 0.1) is 11.6 Å². The molecule has 0 aliphatic rings. The highest BCUT2D eigenvalue weighted by atomic mass is 35.5. The lowest BCUT2D eigenvalue weighted by Crippen LogP contribution is -2.39. The molecule has 0 N–H and O–H groups in total. The van der Waals surface area contributed by atoms with Crippen LogP contribution in [0.1, 0.15) is 54.9 Å². The number of nitrogens with zero attached hydrogens (tertiary/aromatic N) is 1. The van der Waals surface area contributed by atoms with Crippen molar-refractivity contribution in [1.82, 2.24) is 0 Å². The molecule has 4 heteroatoms. The van der Waals surface area contributed by atoms with Crippen molar-refractivity contribution in [2.45, 2.75) is 78.4 Å². The van der Waals surface area contributed by atoms with Crippen LogP contribution in [-0.2, 0) is 4.53 Å². The predicted molar refractivity (Wildman–Crippen MR) is 89.7 cm³/mol. The second kappa shape index (κ2) is 6.62. The van der Waals surface area contributed by atoms with Crippen molar-refractivity contribution in [3.63, 3.8) is 0 Å². The van der Waals surface area contributed by atoms with Gasteiger partial charge in [0.2, 0.25) is 0 Å². The molecule has 0 aliphatic carbocycles. The highest BCUT2D eigenvalue weighted by Gasteiger charge is 2.39. The monoisotopic (exact) mass is 305 g/mol. The first-order chi connectivity index (χ1) is 8.26. The minimum absolute atomic E-state index is 0.0657. The molecule has 0 saturated heterocycles. The number of rotatable bonds is 5. The molecule has 0 aromatic carbocycles. The van der Waals surface area contributed by atoms with Gasteiger partial charge in [-0.05, 0) is 35.9 Å². The second-order valence-corrected chi connectivity index (χ2v) is 13.5. The van der Waals surface area contributed by atoms with Gasteiger partial charge in [-0.15, -0.1) is 16.8 Å². The molecular formula is C15H32ClNOSi. The third-order valence-corrected chi connectivity index (χ3v) is 8.49. The van der Waals surface area contributed by atoms with Crippen LogP contribution in [0.5, 0.6) is 0 Å². The Balaban J connectivity index is 4.42. The van der Waals surface area contributed by atoms with Crippen molar-refractivity contribution in [1.29, 1.82) is 0 Å². The lowest BCUT2D eigenvalue weighted by molar-refractivity contribution is 0.300. The topological polar surface area (TPSA) is 21.6 Å². The van der Waals surface area contributed by atoms with E-state index in [9.17, 15) is 0 Å². The first-order valence-electron chi connectivity index (χ1n) is 7.12. The van der Waals surface area contributed by atoms with E-state index >= 15 is 0 Å². The molecule has 0 fully saturated rings. The van der Waals surface area contributed by atoms with Crippen molar-refractivity contribution in [2.75, 3.05) is 0 Å². The fourth-order valence-electron chi connectivity index (χ4n) is 1.58. The molecule has 0 aromatic rings. The van der Waals surface area contributed by atoms with Crippen LogP contribution in [0, 0.1) is 11.3 Å². The third kappa shape index (κ3) is 7.36. The molecule has 2 nitrogen and oxygen atoms in total. The van der Waals surface area contributed by atoms with E-state index in [0.717, 1.165) is 6.42 Å². The normalized spacial score (nSPS) is 17.6. The van der Waals surface area contributed by atoms with Crippen molar-refractivity contribution in [3.05, 3.63) is 0 Å². The molecule has 114 valence electrons. The fourth-order valence-corrected chi connectivity index (χ4v) is 2.32. The van der Waals surface area contributed by atoms with Gasteiger partial charge < -0.3 is 4.53 Å². The average molecular weight is 306 g/mol. The largest absolute Gasteiger partial charge is 0.455 e. The number of halogens is 1. The lowest BCUT2D eigenvalue weighted by atomic mass is 9.84. The van der Waals surface area contributed by atoms with E-state index in [4.69, 9.17) is 16.1 Å². The Hall–Kier alpha value is -0.0231. The lowest BCUT2D eigenvalue weighted by Gasteiger charge is -2.33. The molecule has 0 rings (SSSR count). The molecule has 0 aromatic heterocycles. The van der Waals surface area contributed by atoms with Gasteiger partial charge in [-0.1, -0.05) is 48.5 Å². The van der Waals surface area contributed by atoms with E-state index in [0.29, 0.717) is 11.3 Å². The minimum Gasteiger partial charge on any atom is -0.455 e. The molecule has 0 aliphatic heterocycles. The molecule has 0 bridgehead atoms. The van der Waals surface area contributed by atoms with E-state index in [1.165, 1.54) is 0 Å². The number of hydrogen-bond acceptors (Lipinski definition) is 2. The molecule has 0 radical (unpaired) electrons. The van der Waals surface area contributed by atoms with Crippen molar-refractivity contribution >= 4 is 26.1 Å². The van der Waals surface area contributed by atoms with Crippen LogP contribution in [0.25, 0.3) is 0 Å².